The highest BCUT2D eigenvalue weighted by atomic mass is 35.5. The molecule has 0 spiro atoms. The minimum absolute atomic E-state index is 0.0139. The van der Waals surface area contributed by atoms with Crippen LogP contribution in [0.1, 0.15) is 20.1 Å². The maximum absolute atomic E-state index is 12.0. The lowest BCUT2D eigenvalue weighted by Crippen LogP contribution is -1.99. The van der Waals surface area contributed by atoms with Crippen LogP contribution in [0.2, 0.25) is 5.02 Å². The van der Waals surface area contributed by atoms with Crippen molar-refractivity contribution in [2.75, 3.05) is 5.73 Å². The first-order valence-electron chi connectivity index (χ1n) is 4.74. The normalized spacial score (nSPS) is 10.4. The van der Waals surface area contributed by atoms with Crippen LogP contribution in [0.15, 0.2) is 30.3 Å². The molecule has 0 aliphatic carbocycles. The molecule has 0 aliphatic rings. The molecule has 1 aromatic heterocycles. The number of hydrogen-bond acceptors (Lipinski definition) is 3. The summed E-state index contributed by atoms with van der Waals surface area (Å²) in [7, 11) is 0. The van der Waals surface area contributed by atoms with Gasteiger partial charge in [-0.15, -0.1) is 11.3 Å². The van der Waals surface area contributed by atoms with Crippen LogP contribution in [0.4, 0.5) is 5.69 Å². The maximum Gasteiger partial charge on any atom is 0.203 e. The van der Waals surface area contributed by atoms with Gasteiger partial charge in [-0.3, -0.25) is 4.79 Å². The molecule has 0 saturated heterocycles. The predicted octanol–water partition coefficient (Wildman–Crippen LogP) is 3.52. The van der Waals surface area contributed by atoms with Crippen LogP contribution in [0.3, 0.4) is 0 Å². The highest BCUT2D eigenvalue weighted by Gasteiger charge is 2.12. The quantitative estimate of drug-likeness (QED) is 0.656. The third-order valence-electron chi connectivity index (χ3n) is 2.23. The van der Waals surface area contributed by atoms with E-state index in [1.54, 1.807) is 18.2 Å². The van der Waals surface area contributed by atoms with E-state index in [1.807, 2.05) is 19.1 Å². The first kappa shape index (κ1) is 11.2. The van der Waals surface area contributed by atoms with Gasteiger partial charge in [-0.25, -0.2) is 0 Å². The van der Waals surface area contributed by atoms with Crippen LogP contribution in [-0.2, 0) is 0 Å². The van der Waals surface area contributed by atoms with Crippen molar-refractivity contribution in [2.24, 2.45) is 0 Å². The molecule has 16 heavy (non-hydrogen) atoms. The largest absolute Gasteiger partial charge is 0.398 e. The van der Waals surface area contributed by atoms with Crippen molar-refractivity contribution < 1.29 is 4.79 Å². The van der Waals surface area contributed by atoms with Gasteiger partial charge in [0.1, 0.15) is 0 Å². The standard InChI is InChI=1S/C12H10ClNOS/c1-7-2-5-11(16-7)12(15)8-3-4-10(14)9(13)6-8/h2-6H,14H2,1H3. The second-order valence-corrected chi connectivity index (χ2v) is 5.17. The zero-order chi connectivity index (χ0) is 11.7. The minimum Gasteiger partial charge on any atom is -0.398 e. The number of halogens is 1. The summed E-state index contributed by atoms with van der Waals surface area (Å²) >= 11 is 7.35. The smallest absolute Gasteiger partial charge is 0.203 e. The van der Waals surface area contributed by atoms with Crippen LogP contribution in [-0.4, -0.2) is 5.78 Å². The fourth-order valence-electron chi connectivity index (χ4n) is 1.37. The Morgan fingerprint density at radius 2 is 2.06 bits per heavy atom. The number of nitrogen functional groups attached to an aromatic ring is 1. The van der Waals surface area contributed by atoms with E-state index in [2.05, 4.69) is 0 Å². The van der Waals surface area contributed by atoms with Gasteiger partial charge < -0.3 is 5.73 Å². The molecule has 0 fully saturated rings. The lowest BCUT2D eigenvalue weighted by Gasteiger charge is -2.01. The van der Waals surface area contributed by atoms with Crippen molar-refractivity contribution in [1.29, 1.82) is 0 Å². The average Bonchev–Trinajstić information content (AvgIpc) is 2.68. The highest BCUT2D eigenvalue weighted by molar-refractivity contribution is 7.14. The molecule has 4 heteroatoms. The molecule has 1 heterocycles. The molecule has 0 radical (unpaired) electrons. The Morgan fingerprint density at radius 3 is 2.62 bits per heavy atom. The number of carbonyl (C=O) groups excluding carboxylic acids is 1. The molecule has 0 saturated carbocycles. The van der Waals surface area contributed by atoms with Crippen molar-refractivity contribution in [2.45, 2.75) is 6.92 Å². The third-order valence-corrected chi connectivity index (χ3v) is 3.55. The molecule has 82 valence electrons. The maximum atomic E-state index is 12.0. The number of ketones is 1. The molecule has 2 aromatic rings. The molecule has 2 rings (SSSR count). The van der Waals surface area contributed by atoms with E-state index >= 15 is 0 Å². The first-order valence-corrected chi connectivity index (χ1v) is 5.93. The SMILES string of the molecule is Cc1ccc(C(=O)c2ccc(N)c(Cl)c2)s1. The van der Waals surface area contributed by atoms with Gasteiger partial charge in [0.05, 0.1) is 15.6 Å². The molecular formula is C12H10ClNOS. The summed E-state index contributed by atoms with van der Waals surface area (Å²) in [5.41, 5.74) is 6.65. The van der Waals surface area contributed by atoms with Crippen LogP contribution < -0.4 is 5.73 Å². The van der Waals surface area contributed by atoms with E-state index in [-0.39, 0.29) is 5.78 Å². The summed E-state index contributed by atoms with van der Waals surface area (Å²) in [5.74, 6) is -0.0139. The van der Waals surface area contributed by atoms with Gasteiger partial charge in [-0.1, -0.05) is 11.6 Å². The van der Waals surface area contributed by atoms with E-state index in [1.165, 1.54) is 11.3 Å². The predicted molar refractivity (Wildman–Crippen MR) is 68.4 cm³/mol. The van der Waals surface area contributed by atoms with Gasteiger partial charge in [-0.05, 0) is 37.3 Å². The topological polar surface area (TPSA) is 43.1 Å². The van der Waals surface area contributed by atoms with Crippen molar-refractivity contribution in [3.8, 4) is 0 Å². The average molecular weight is 252 g/mol. The number of nitrogens with two attached hydrogens (primary N) is 1. The molecule has 0 aliphatic heterocycles. The van der Waals surface area contributed by atoms with Crippen molar-refractivity contribution in [3.63, 3.8) is 0 Å². The molecule has 1 aromatic carbocycles. The van der Waals surface area contributed by atoms with E-state index in [0.717, 1.165) is 9.75 Å². The zero-order valence-corrected chi connectivity index (χ0v) is 10.2. The van der Waals surface area contributed by atoms with E-state index < -0.39 is 0 Å². The molecule has 0 atom stereocenters. The monoisotopic (exact) mass is 251 g/mol. The zero-order valence-electron chi connectivity index (χ0n) is 8.66. The second-order valence-electron chi connectivity index (χ2n) is 3.48. The minimum atomic E-state index is -0.0139. The molecule has 0 bridgehead atoms. The number of rotatable bonds is 2. The Morgan fingerprint density at radius 1 is 1.31 bits per heavy atom. The molecule has 0 unspecified atom stereocenters. The van der Waals surface area contributed by atoms with Gasteiger partial charge in [0.15, 0.2) is 0 Å². The summed E-state index contributed by atoms with van der Waals surface area (Å²) < 4.78 is 0. The van der Waals surface area contributed by atoms with Crippen LogP contribution >= 0.6 is 22.9 Å². The third kappa shape index (κ3) is 2.10. The van der Waals surface area contributed by atoms with E-state index in [0.29, 0.717) is 16.3 Å². The van der Waals surface area contributed by atoms with Crippen LogP contribution in [0.25, 0.3) is 0 Å². The number of carbonyl (C=O) groups is 1. The van der Waals surface area contributed by atoms with Crippen molar-refractivity contribution in [3.05, 3.63) is 50.7 Å². The molecule has 0 amide bonds. The fourth-order valence-corrected chi connectivity index (χ4v) is 2.38. The first-order chi connectivity index (χ1) is 7.58. The van der Waals surface area contributed by atoms with Gasteiger partial charge in [-0.2, -0.15) is 0 Å². The lowest BCUT2D eigenvalue weighted by molar-refractivity contribution is 0.104. The van der Waals surface area contributed by atoms with Crippen molar-refractivity contribution in [1.82, 2.24) is 0 Å². The molecule has 2 N–H and O–H groups in total. The Hall–Kier alpha value is -1.32. The van der Waals surface area contributed by atoms with E-state index in [9.17, 15) is 4.79 Å². The van der Waals surface area contributed by atoms with Crippen molar-refractivity contribution >= 4 is 34.4 Å². The van der Waals surface area contributed by atoms with Gasteiger partial charge in [0.2, 0.25) is 5.78 Å². The number of hydrogen-bond donors (Lipinski definition) is 1. The Balaban J connectivity index is 2.38. The second kappa shape index (κ2) is 4.28. The van der Waals surface area contributed by atoms with Gasteiger partial charge >= 0.3 is 0 Å². The van der Waals surface area contributed by atoms with Gasteiger partial charge in [0.25, 0.3) is 0 Å². The van der Waals surface area contributed by atoms with Crippen LogP contribution in [0, 0.1) is 6.92 Å². The lowest BCUT2D eigenvalue weighted by atomic mass is 10.1. The Labute approximate surface area is 103 Å². The fraction of sp³-hybridized carbons (Fsp3) is 0.0833. The number of thiophene rings is 1. The number of aryl methyl sites for hydroxylation is 1. The Bertz CT molecular complexity index is 548. The molecule has 2 nitrogen and oxygen atoms in total. The number of benzene rings is 1. The summed E-state index contributed by atoms with van der Waals surface area (Å²) in [4.78, 5) is 13.9. The van der Waals surface area contributed by atoms with Crippen LogP contribution in [0.5, 0.6) is 0 Å². The summed E-state index contributed by atoms with van der Waals surface area (Å²) in [5, 5.41) is 0.416. The summed E-state index contributed by atoms with van der Waals surface area (Å²) in [6, 6.07) is 8.70. The summed E-state index contributed by atoms with van der Waals surface area (Å²) in [6.45, 7) is 1.97. The highest BCUT2D eigenvalue weighted by Crippen LogP contribution is 2.24. The summed E-state index contributed by atoms with van der Waals surface area (Å²) in [6.07, 6.45) is 0. The Kier molecular flexibility index (Phi) is 2.99. The van der Waals surface area contributed by atoms with E-state index in [4.69, 9.17) is 17.3 Å². The molecular weight excluding hydrogens is 242 g/mol. The van der Waals surface area contributed by atoms with Gasteiger partial charge in [0, 0.05) is 10.4 Å². The number of anilines is 1.